The Hall–Kier alpha value is -2.30. The lowest BCUT2D eigenvalue weighted by Gasteiger charge is -2.52. The molecule has 3 aliphatic rings. The molecule has 1 fully saturated rings. The summed E-state index contributed by atoms with van der Waals surface area (Å²) in [6, 6.07) is 7.51. The molecule has 1 amide bonds. The molecular formula is C21H25NO4. The molecular weight excluding hydrogens is 330 g/mol. The van der Waals surface area contributed by atoms with Gasteiger partial charge in [-0.15, -0.1) is 0 Å². The molecule has 2 heterocycles. The Morgan fingerprint density at radius 3 is 2.88 bits per heavy atom. The largest absolute Gasteiger partial charge is 0.481 e. The van der Waals surface area contributed by atoms with Gasteiger partial charge < -0.3 is 14.7 Å². The Bertz CT molecular complexity index is 771. The molecule has 26 heavy (non-hydrogen) atoms. The first kappa shape index (κ1) is 17.1. The Morgan fingerprint density at radius 1 is 1.35 bits per heavy atom. The first-order chi connectivity index (χ1) is 12.5. The summed E-state index contributed by atoms with van der Waals surface area (Å²) in [5.74, 6) is -2.02. The molecule has 138 valence electrons. The molecule has 1 aromatic carbocycles. The van der Waals surface area contributed by atoms with Crippen LogP contribution in [0.5, 0.6) is 5.75 Å². The molecule has 0 radical (unpaired) electrons. The van der Waals surface area contributed by atoms with Crippen molar-refractivity contribution in [2.75, 3.05) is 6.54 Å². The van der Waals surface area contributed by atoms with Gasteiger partial charge in [0, 0.05) is 18.9 Å². The molecule has 2 bridgehead atoms. The van der Waals surface area contributed by atoms with Gasteiger partial charge in [-0.1, -0.05) is 29.8 Å². The number of carbonyl (C=O) groups excluding carboxylic acids is 1. The highest BCUT2D eigenvalue weighted by Crippen LogP contribution is 2.50. The Labute approximate surface area is 153 Å². The van der Waals surface area contributed by atoms with Crippen molar-refractivity contribution in [3.8, 4) is 5.75 Å². The van der Waals surface area contributed by atoms with Gasteiger partial charge in [0.05, 0.1) is 0 Å². The number of likely N-dealkylation sites (tertiary alicyclic amines) is 1. The van der Waals surface area contributed by atoms with Crippen LogP contribution >= 0.6 is 0 Å². The predicted octanol–water partition coefficient (Wildman–Crippen LogP) is 3.70. The Balaban J connectivity index is 1.66. The number of carboxylic acid groups (broad SMARTS) is 1. The van der Waals surface area contributed by atoms with Crippen LogP contribution in [-0.4, -0.2) is 34.2 Å². The van der Waals surface area contributed by atoms with Crippen molar-refractivity contribution < 1.29 is 19.4 Å². The van der Waals surface area contributed by atoms with E-state index in [9.17, 15) is 14.7 Å². The van der Waals surface area contributed by atoms with E-state index in [0.29, 0.717) is 18.7 Å². The van der Waals surface area contributed by atoms with Crippen LogP contribution in [0.1, 0.15) is 56.9 Å². The van der Waals surface area contributed by atoms with Crippen LogP contribution in [0.3, 0.4) is 0 Å². The second-order valence-corrected chi connectivity index (χ2v) is 7.79. The summed E-state index contributed by atoms with van der Waals surface area (Å²) >= 11 is 0. The van der Waals surface area contributed by atoms with E-state index in [-0.39, 0.29) is 11.8 Å². The standard InChI is InChI=1S/C21H25NO4/c1-21-13-16(15-9-5-6-10-17(15)26-21)18(20(24)25)19(23)22(21)12-11-14-7-3-2-4-8-14/h5-7,9-10,16,18H,2-4,8,11-13H2,1H3,(H,24,25)/t16-,18+,21-/m1/s1. The molecule has 1 N–H and O–H groups in total. The summed E-state index contributed by atoms with van der Waals surface area (Å²) in [6.07, 6.45) is 8.19. The summed E-state index contributed by atoms with van der Waals surface area (Å²) in [7, 11) is 0. The number of hydrogen-bond acceptors (Lipinski definition) is 3. The SMILES string of the molecule is C[C@]12C[C@H](c3ccccc3O1)[C@H](C(=O)O)C(=O)N2CCC1=CCCCC1. The number of carboxylic acids is 1. The average molecular weight is 355 g/mol. The van der Waals surface area contributed by atoms with Gasteiger partial charge in [0.1, 0.15) is 11.7 Å². The van der Waals surface area contributed by atoms with E-state index < -0.39 is 17.6 Å². The second kappa shape index (κ2) is 6.45. The summed E-state index contributed by atoms with van der Waals surface area (Å²) in [6.45, 7) is 2.43. The topological polar surface area (TPSA) is 66.8 Å². The molecule has 0 spiro atoms. The highest BCUT2D eigenvalue weighted by atomic mass is 16.5. The summed E-state index contributed by atoms with van der Waals surface area (Å²) in [4.78, 5) is 26.7. The van der Waals surface area contributed by atoms with Crippen LogP contribution in [0.2, 0.25) is 0 Å². The maximum Gasteiger partial charge on any atom is 0.316 e. The van der Waals surface area contributed by atoms with Crippen molar-refractivity contribution in [1.29, 1.82) is 0 Å². The minimum atomic E-state index is -1.04. The van der Waals surface area contributed by atoms with Crippen LogP contribution in [-0.2, 0) is 9.59 Å². The van der Waals surface area contributed by atoms with Gasteiger partial charge in [0.25, 0.3) is 0 Å². The van der Waals surface area contributed by atoms with Gasteiger partial charge in [0.2, 0.25) is 5.91 Å². The van der Waals surface area contributed by atoms with Crippen molar-refractivity contribution in [2.24, 2.45) is 5.92 Å². The molecule has 0 aromatic heterocycles. The lowest BCUT2D eigenvalue weighted by molar-refractivity contribution is -0.180. The van der Waals surface area contributed by atoms with Gasteiger partial charge >= 0.3 is 5.97 Å². The third-order valence-corrected chi connectivity index (χ3v) is 6.06. The van der Waals surface area contributed by atoms with Crippen LogP contribution in [0.25, 0.3) is 0 Å². The van der Waals surface area contributed by atoms with Crippen molar-refractivity contribution in [3.63, 3.8) is 0 Å². The molecule has 4 rings (SSSR count). The van der Waals surface area contributed by atoms with Crippen molar-refractivity contribution in [3.05, 3.63) is 41.5 Å². The lowest BCUT2D eigenvalue weighted by atomic mass is 9.73. The predicted molar refractivity (Wildman–Crippen MR) is 96.8 cm³/mol. The number of para-hydroxylation sites is 1. The van der Waals surface area contributed by atoms with E-state index in [2.05, 4.69) is 6.08 Å². The molecule has 0 saturated carbocycles. The van der Waals surface area contributed by atoms with Gasteiger partial charge in [0.15, 0.2) is 5.72 Å². The van der Waals surface area contributed by atoms with Crippen molar-refractivity contribution >= 4 is 11.9 Å². The fraction of sp³-hybridized carbons (Fsp3) is 0.524. The van der Waals surface area contributed by atoms with Gasteiger partial charge in [-0.25, -0.2) is 0 Å². The number of rotatable bonds is 4. The van der Waals surface area contributed by atoms with Gasteiger partial charge in [-0.05, 0) is 50.7 Å². The maximum atomic E-state index is 13.1. The summed E-state index contributed by atoms with van der Waals surface area (Å²) in [5, 5.41) is 9.77. The van der Waals surface area contributed by atoms with E-state index >= 15 is 0 Å². The highest BCUT2D eigenvalue weighted by molar-refractivity contribution is 5.99. The quantitative estimate of drug-likeness (QED) is 0.660. The highest BCUT2D eigenvalue weighted by Gasteiger charge is 2.56. The summed E-state index contributed by atoms with van der Waals surface area (Å²) in [5.41, 5.74) is 1.43. The molecule has 1 aliphatic carbocycles. The molecule has 2 aliphatic heterocycles. The maximum absolute atomic E-state index is 13.1. The van der Waals surface area contributed by atoms with Crippen LogP contribution in [0, 0.1) is 5.92 Å². The molecule has 3 atom stereocenters. The first-order valence-electron chi connectivity index (χ1n) is 9.50. The third kappa shape index (κ3) is 2.79. The van der Waals surface area contributed by atoms with E-state index in [4.69, 9.17) is 4.74 Å². The smallest absolute Gasteiger partial charge is 0.316 e. The monoisotopic (exact) mass is 355 g/mol. The van der Waals surface area contributed by atoms with E-state index in [0.717, 1.165) is 24.8 Å². The number of amides is 1. The van der Waals surface area contributed by atoms with E-state index in [1.54, 1.807) is 4.90 Å². The molecule has 5 heteroatoms. The number of hydrogen-bond donors (Lipinski definition) is 1. The molecule has 0 unspecified atom stereocenters. The average Bonchev–Trinajstić information content (AvgIpc) is 2.61. The number of aliphatic carboxylic acids is 1. The van der Waals surface area contributed by atoms with Gasteiger partial charge in [-0.3, -0.25) is 9.59 Å². The number of fused-ring (bicyclic) bond motifs is 4. The fourth-order valence-corrected chi connectivity index (χ4v) is 4.72. The summed E-state index contributed by atoms with van der Waals surface area (Å²) < 4.78 is 6.23. The number of nitrogens with zero attached hydrogens (tertiary/aromatic N) is 1. The van der Waals surface area contributed by atoms with Crippen LogP contribution in [0.15, 0.2) is 35.9 Å². The number of benzene rings is 1. The van der Waals surface area contributed by atoms with Crippen LogP contribution in [0.4, 0.5) is 0 Å². The Morgan fingerprint density at radius 2 is 2.15 bits per heavy atom. The van der Waals surface area contributed by atoms with E-state index in [1.165, 1.54) is 18.4 Å². The first-order valence-corrected chi connectivity index (χ1v) is 9.50. The van der Waals surface area contributed by atoms with Crippen molar-refractivity contribution in [1.82, 2.24) is 4.90 Å². The molecule has 1 saturated heterocycles. The second-order valence-electron chi connectivity index (χ2n) is 7.79. The Kier molecular flexibility index (Phi) is 4.25. The van der Waals surface area contributed by atoms with Crippen molar-refractivity contribution in [2.45, 2.75) is 57.1 Å². The van der Waals surface area contributed by atoms with Crippen LogP contribution < -0.4 is 4.74 Å². The number of piperidine rings is 1. The minimum Gasteiger partial charge on any atom is -0.481 e. The molecule has 1 aromatic rings. The zero-order valence-electron chi connectivity index (χ0n) is 15.1. The zero-order valence-corrected chi connectivity index (χ0v) is 15.1. The minimum absolute atomic E-state index is 0.317. The van der Waals surface area contributed by atoms with E-state index in [1.807, 2.05) is 31.2 Å². The third-order valence-electron chi connectivity index (χ3n) is 6.06. The lowest BCUT2D eigenvalue weighted by Crippen LogP contribution is -2.64. The molecule has 5 nitrogen and oxygen atoms in total. The number of ether oxygens (including phenoxy) is 1. The number of allylic oxidation sites excluding steroid dienone is 1. The fourth-order valence-electron chi connectivity index (χ4n) is 4.72. The number of carbonyl (C=O) groups is 2. The normalized spacial score (nSPS) is 30.3. The zero-order chi connectivity index (χ0) is 18.3. The van der Waals surface area contributed by atoms with Gasteiger partial charge in [-0.2, -0.15) is 0 Å².